The smallest absolute Gasteiger partial charge is 0.123 e. The van der Waals surface area contributed by atoms with Gasteiger partial charge in [0.2, 0.25) is 0 Å². The minimum absolute atomic E-state index is 0.502. The Balaban J connectivity index is 2.86. The number of hydrogen-bond acceptors (Lipinski definition) is 2. The van der Waals surface area contributed by atoms with Gasteiger partial charge in [-0.15, -0.1) is 0 Å². The molecular formula is C9H6BrClN2. The van der Waals surface area contributed by atoms with E-state index in [4.69, 9.17) is 17.3 Å². The van der Waals surface area contributed by atoms with Crippen molar-refractivity contribution in [2.75, 3.05) is 5.73 Å². The van der Waals surface area contributed by atoms with E-state index in [0.29, 0.717) is 10.8 Å². The molecule has 1 aromatic carbocycles. The maximum atomic E-state index is 6.00. The van der Waals surface area contributed by atoms with Crippen LogP contribution in [0, 0.1) is 0 Å². The Morgan fingerprint density at radius 3 is 2.85 bits per heavy atom. The molecule has 0 fully saturated rings. The van der Waals surface area contributed by atoms with Gasteiger partial charge in [-0.25, -0.2) is 4.98 Å². The number of anilines is 1. The van der Waals surface area contributed by atoms with Gasteiger partial charge in [0.25, 0.3) is 0 Å². The number of nitrogens with zero attached hydrogens (tertiary/aromatic N) is 1. The first kappa shape index (κ1) is 8.78. The van der Waals surface area contributed by atoms with E-state index < -0.39 is 0 Å². The predicted octanol–water partition coefficient (Wildman–Crippen LogP) is 3.23. The van der Waals surface area contributed by atoms with Crippen molar-refractivity contribution in [2.24, 2.45) is 0 Å². The highest BCUT2D eigenvalue weighted by molar-refractivity contribution is 9.10. The van der Waals surface area contributed by atoms with Crippen LogP contribution in [0.2, 0.25) is 5.02 Å². The zero-order valence-corrected chi connectivity index (χ0v) is 8.93. The number of hydrogen-bond donors (Lipinski definition) is 1. The van der Waals surface area contributed by atoms with E-state index in [1.807, 2.05) is 12.1 Å². The molecule has 0 saturated carbocycles. The molecule has 66 valence electrons. The van der Waals surface area contributed by atoms with Crippen molar-refractivity contribution < 1.29 is 0 Å². The number of fused-ring (bicyclic) bond motifs is 1. The molecule has 0 bridgehead atoms. The molecule has 0 saturated heterocycles. The van der Waals surface area contributed by atoms with Gasteiger partial charge in [-0.3, -0.25) is 0 Å². The third-order valence-corrected chi connectivity index (χ3v) is 2.54. The van der Waals surface area contributed by atoms with Crippen LogP contribution >= 0.6 is 27.5 Å². The Morgan fingerprint density at radius 1 is 1.31 bits per heavy atom. The summed E-state index contributed by atoms with van der Waals surface area (Å²) in [5, 5.41) is 2.59. The second kappa shape index (κ2) is 3.16. The summed E-state index contributed by atoms with van der Waals surface area (Å²) >= 11 is 9.37. The molecule has 0 radical (unpaired) electrons. The standard InChI is InChI=1S/C9H6BrClN2/c10-6-1-5-2-9(12)13-4-7(5)8(11)3-6/h1-4H,(H2,12,13). The molecule has 1 heterocycles. The molecular weight excluding hydrogens is 251 g/mol. The van der Waals surface area contributed by atoms with Crippen molar-refractivity contribution in [3.05, 3.63) is 33.9 Å². The lowest BCUT2D eigenvalue weighted by Gasteiger charge is -2.01. The average molecular weight is 258 g/mol. The van der Waals surface area contributed by atoms with Gasteiger partial charge in [0.05, 0.1) is 5.02 Å². The third kappa shape index (κ3) is 1.62. The fourth-order valence-electron chi connectivity index (χ4n) is 1.20. The molecule has 1 aromatic heterocycles. The van der Waals surface area contributed by atoms with Crippen LogP contribution in [0.5, 0.6) is 0 Å². The number of nitrogen functional groups attached to an aromatic ring is 1. The molecule has 4 heteroatoms. The zero-order chi connectivity index (χ0) is 9.42. The Kier molecular flexibility index (Phi) is 2.14. The van der Waals surface area contributed by atoms with Crippen LogP contribution in [-0.2, 0) is 0 Å². The summed E-state index contributed by atoms with van der Waals surface area (Å²) in [4.78, 5) is 3.98. The zero-order valence-electron chi connectivity index (χ0n) is 6.59. The normalized spacial score (nSPS) is 10.6. The van der Waals surface area contributed by atoms with Crippen molar-refractivity contribution in [1.29, 1.82) is 0 Å². The largest absolute Gasteiger partial charge is 0.384 e. The number of benzene rings is 1. The molecule has 0 amide bonds. The fourth-order valence-corrected chi connectivity index (χ4v) is 2.08. The summed E-state index contributed by atoms with van der Waals surface area (Å²) in [6.45, 7) is 0. The highest BCUT2D eigenvalue weighted by atomic mass is 79.9. The minimum atomic E-state index is 0.502. The first-order valence-corrected chi connectivity index (χ1v) is 4.84. The number of pyridine rings is 1. The Labute approximate surface area is 88.8 Å². The van der Waals surface area contributed by atoms with Crippen molar-refractivity contribution in [1.82, 2.24) is 4.98 Å². The van der Waals surface area contributed by atoms with Gasteiger partial charge in [-0.05, 0) is 23.6 Å². The van der Waals surface area contributed by atoms with E-state index in [1.54, 1.807) is 12.3 Å². The van der Waals surface area contributed by atoms with Crippen LogP contribution in [0.1, 0.15) is 0 Å². The Morgan fingerprint density at radius 2 is 2.08 bits per heavy atom. The second-order valence-corrected chi connectivity index (χ2v) is 4.04. The quantitative estimate of drug-likeness (QED) is 0.787. The first-order valence-electron chi connectivity index (χ1n) is 3.67. The van der Waals surface area contributed by atoms with E-state index in [2.05, 4.69) is 20.9 Å². The van der Waals surface area contributed by atoms with Gasteiger partial charge in [-0.2, -0.15) is 0 Å². The molecule has 0 aliphatic heterocycles. The lowest BCUT2D eigenvalue weighted by atomic mass is 10.2. The van der Waals surface area contributed by atoms with Gasteiger partial charge in [0, 0.05) is 16.1 Å². The molecule has 0 aliphatic rings. The van der Waals surface area contributed by atoms with Crippen molar-refractivity contribution in [3.63, 3.8) is 0 Å². The fraction of sp³-hybridized carbons (Fsp3) is 0. The molecule has 2 aromatic rings. The van der Waals surface area contributed by atoms with Gasteiger partial charge in [0.15, 0.2) is 0 Å². The van der Waals surface area contributed by atoms with Gasteiger partial charge < -0.3 is 5.73 Å². The van der Waals surface area contributed by atoms with Crippen LogP contribution in [0.15, 0.2) is 28.9 Å². The second-order valence-electron chi connectivity index (χ2n) is 2.72. The molecule has 2 rings (SSSR count). The minimum Gasteiger partial charge on any atom is -0.384 e. The lowest BCUT2D eigenvalue weighted by Crippen LogP contribution is -1.88. The summed E-state index contributed by atoms with van der Waals surface area (Å²) in [5.74, 6) is 0.502. The highest BCUT2D eigenvalue weighted by Gasteiger charge is 2.01. The molecule has 0 atom stereocenters. The number of rotatable bonds is 0. The monoisotopic (exact) mass is 256 g/mol. The lowest BCUT2D eigenvalue weighted by molar-refractivity contribution is 1.37. The maximum absolute atomic E-state index is 6.00. The summed E-state index contributed by atoms with van der Waals surface area (Å²) in [6.07, 6.45) is 1.68. The van der Waals surface area contributed by atoms with E-state index in [-0.39, 0.29) is 0 Å². The maximum Gasteiger partial charge on any atom is 0.123 e. The van der Waals surface area contributed by atoms with Crippen molar-refractivity contribution in [2.45, 2.75) is 0 Å². The third-order valence-electron chi connectivity index (χ3n) is 1.77. The molecule has 0 aliphatic carbocycles. The summed E-state index contributed by atoms with van der Waals surface area (Å²) in [7, 11) is 0. The average Bonchev–Trinajstić information content (AvgIpc) is 2.02. The van der Waals surface area contributed by atoms with Gasteiger partial charge in [-0.1, -0.05) is 27.5 Å². The summed E-state index contributed by atoms with van der Waals surface area (Å²) in [5.41, 5.74) is 5.55. The summed E-state index contributed by atoms with van der Waals surface area (Å²) in [6, 6.07) is 5.59. The van der Waals surface area contributed by atoms with Crippen LogP contribution in [0.3, 0.4) is 0 Å². The van der Waals surface area contributed by atoms with Gasteiger partial charge in [0.1, 0.15) is 5.82 Å². The first-order chi connectivity index (χ1) is 6.16. The Hall–Kier alpha value is -0.800. The molecule has 2 nitrogen and oxygen atoms in total. The topological polar surface area (TPSA) is 38.9 Å². The summed E-state index contributed by atoms with van der Waals surface area (Å²) < 4.78 is 0.940. The van der Waals surface area contributed by atoms with Crippen LogP contribution in [0.4, 0.5) is 5.82 Å². The van der Waals surface area contributed by atoms with Gasteiger partial charge >= 0.3 is 0 Å². The van der Waals surface area contributed by atoms with Crippen molar-refractivity contribution in [3.8, 4) is 0 Å². The number of halogens is 2. The predicted molar refractivity (Wildman–Crippen MR) is 58.9 cm³/mol. The molecule has 0 spiro atoms. The van der Waals surface area contributed by atoms with Crippen molar-refractivity contribution >= 4 is 44.1 Å². The van der Waals surface area contributed by atoms with E-state index in [0.717, 1.165) is 15.2 Å². The Bertz CT molecular complexity index is 465. The number of aromatic nitrogens is 1. The van der Waals surface area contributed by atoms with Crippen LogP contribution < -0.4 is 5.73 Å². The van der Waals surface area contributed by atoms with E-state index >= 15 is 0 Å². The van der Waals surface area contributed by atoms with Crippen LogP contribution in [-0.4, -0.2) is 4.98 Å². The van der Waals surface area contributed by atoms with E-state index in [9.17, 15) is 0 Å². The molecule has 2 N–H and O–H groups in total. The number of nitrogens with two attached hydrogens (primary N) is 1. The molecule has 0 unspecified atom stereocenters. The van der Waals surface area contributed by atoms with E-state index in [1.165, 1.54) is 0 Å². The SMILES string of the molecule is Nc1cc2cc(Br)cc(Cl)c2cn1. The van der Waals surface area contributed by atoms with Crippen LogP contribution in [0.25, 0.3) is 10.8 Å². The molecule has 13 heavy (non-hydrogen) atoms. The highest BCUT2D eigenvalue weighted by Crippen LogP contribution is 2.28.